The molecule has 0 saturated heterocycles. The van der Waals surface area contributed by atoms with Gasteiger partial charge < -0.3 is 5.32 Å². The molecule has 0 bridgehead atoms. The molecule has 0 aliphatic rings. The Morgan fingerprint density at radius 3 is 2.12 bits per heavy atom. The third kappa shape index (κ3) is 7.10. The minimum atomic E-state index is 1.08. The van der Waals surface area contributed by atoms with Gasteiger partial charge in [-0.3, -0.25) is 0 Å². The summed E-state index contributed by atoms with van der Waals surface area (Å²) in [6, 6.07) is 8.65. The van der Waals surface area contributed by atoms with Crippen LogP contribution in [0.15, 0.2) is 36.9 Å². The third-order valence-corrected chi connectivity index (χ3v) is 2.35. The topological polar surface area (TPSA) is 12.0 Å². The van der Waals surface area contributed by atoms with Crippen LogP contribution in [0.4, 0.5) is 5.69 Å². The van der Waals surface area contributed by atoms with Gasteiger partial charge in [-0.1, -0.05) is 38.5 Å². The van der Waals surface area contributed by atoms with Gasteiger partial charge in [0.2, 0.25) is 0 Å². The van der Waals surface area contributed by atoms with Crippen LogP contribution in [0.25, 0.3) is 0 Å². The zero-order valence-electron chi connectivity index (χ0n) is 10.9. The summed E-state index contributed by atoms with van der Waals surface area (Å²) in [5.74, 6) is 0. The summed E-state index contributed by atoms with van der Waals surface area (Å²) in [7, 11) is 1.95. The first-order chi connectivity index (χ1) is 7.78. The number of rotatable bonds is 5. The highest BCUT2D eigenvalue weighted by molar-refractivity contribution is 5.43. The van der Waals surface area contributed by atoms with E-state index < -0.39 is 0 Å². The summed E-state index contributed by atoms with van der Waals surface area (Å²) >= 11 is 0. The van der Waals surface area contributed by atoms with Gasteiger partial charge >= 0.3 is 0 Å². The molecule has 1 heteroatoms. The van der Waals surface area contributed by atoms with Gasteiger partial charge in [0.15, 0.2) is 0 Å². The molecule has 0 amide bonds. The van der Waals surface area contributed by atoms with E-state index in [1.54, 1.807) is 0 Å². The van der Waals surface area contributed by atoms with Crippen molar-refractivity contribution in [1.29, 1.82) is 0 Å². The summed E-state index contributed by atoms with van der Waals surface area (Å²) in [6.07, 6.45) is 6.73. The highest BCUT2D eigenvalue weighted by atomic mass is 14.8. The number of anilines is 1. The average Bonchev–Trinajstić information content (AvgIpc) is 2.37. The molecular formula is C15H25N. The number of allylic oxidation sites excluding steroid dienone is 1. The second-order valence-corrected chi connectivity index (χ2v) is 3.75. The molecule has 0 atom stereocenters. The quantitative estimate of drug-likeness (QED) is 0.711. The summed E-state index contributed by atoms with van der Waals surface area (Å²) in [5, 5.41) is 3.11. The van der Waals surface area contributed by atoms with Gasteiger partial charge in [-0.05, 0) is 37.0 Å². The Morgan fingerprint density at radius 2 is 1.75 bits per heavy atom. The molecule has 0 unspecified atom stereocenters. The first-order valence-corrected chi connectivity index (χ1v) is 6.16. The molecule has 0 aliphatic heterocycles. The Labute approximate surface area is 101 Å². The largest absolute Gasteiger partial charge is 0.388 e. The number of hydrogen-bond acceptors (Lipinski definition) is 1. The summed E-state index contributed by atoms with van der Waals surface area (Å²) < 4.78 is 0. The molecular weight excluding hydrogens is 194 g/mol. The van der Waals surface area contributed by atoms with E-state index in [-0.39, 0.29) is 0 Å². The van der Waals surface area contributed by atoms with Crippen LogP contribution in [0.5, 0.6) is 0 Å². The summed E-state index contributed by atoms with van der Waals surface area (Å²) in [5.41, 5.74) is 2.63. The Morgan fingerprint density at radius 1 is 1.19 bits per heavy atom. The molecule has 0 radical (unpaired) electrons. The normalized spacial score (nSPS) is 8.94. The van der Waals surface area contributed by atoms with Crippen molar-refractivity contribution in [3.05, 3.63) is 42.5 Å². The lowest BCUT2D eigenvalue weighted by atomic mass is 10.1. The van der Waals surface area contributed by atoms with Gasteiger partial charge in [0.05, 0.1) is 0 Å². The van der Waals surface area contributed by atoms with E-state index in [0.29, 0.717) is 0 Å². The molecule has 0 aliphatic carbocycles. The lowest BCUT2D eigenvalue weighted by molar-refractivity contribution is 0.795. The molecule has 90 valence electrons. The number of hydrogen-bond donors (Lipinski definition) is 1. The first kappa shape index (κ1) is 14.8. The Hall–Kier alpha value is -1.24. The van der Waals surface area contributed by atoms with Crippen molar-refractivity contribution < 1.29 is 0 Å². The zero-order chi connectivity index (χ0) is 12.2. The summed E-state index contributed by atoms with van der Waals surface area (Å²) in [4.78, 5) is 0. The van der Waals surface area contributed by atoms with E-state index >= 15 is 0 Å². The SMILES string of the molecule is C=CCC.CCCCc1ccc(NC)cc1. The maximum Gasteiger partial charge on any atom is 0.0337 e. The Bertz CT molecular complexity index is 261. The van der Waals surface area contributed by atoms with E-state index in [4.69, 9.17) is 0 Å². The average molecular weight is 219 g/mol. The summed E-state index contributed by atoms with van der Waals surface area (Å²) in [6.45, 7) is 7.77. The molecule has 1 N–H and O–H groups in total. The van der Waals surface area contributed by atoms with Crippen LogP contribution in [0, 0.1) is 0 Å². The maximum atomic E-state index is 3.48. The number of unbranched alkanes of at least 4 members (excludes halogenated alkanes) is 1. The highest BCUT2D eigenvalue weighted by Crippen LogP contribution is 2.10. The highest BCUT2D eigenvalue weighted by Gasteiger charge is 1.91. The molecule has 1 nitrogen and oxygen atoms in total. The van der Waals surface area contributed by atoms with Crippen molar-refractivity contribution in [2.75, 3.05) is 12.4 Å². The van der Waals surface area contributed by atoms with Crippen LogP contribution in [-0.4, -0.2) is 7.05 Å². The second-order valence-electron chi connectivity index (χ2n) is 3.75. The van der Waals surface area contributed by atoms with Crippen molar-refractivity contribution in [3.8, 4) is 0 Å². The van der Waals surface area contributed by atoms with Crippen molar-refractivity contribution in [3.63, 3.8) is 0 Å². The van der Waals surface area contributed by atoms with Crippen LogP contribution < -0.4 is 5.32 Å². The molecule has 1 aromatic rings. The second kappa shape index (κ2) is 10.3. The van der Waals surface area contributed by atoms with Crippen molar-refractivity contribution in [1.82, 2.24) is 0 Å². The fraction of sp³-hybridized carbons (Fsp3) is 0.467. The molecule has 1 aromatic carbocycles. The molecule has 0 saturated carbocycles. The Balaban J connectivity index is 0.000000487. The third-order valence-electron chi connectivity index (χ3n) is 2.35. The fourth-order valence-corrected chi connectivity index (χ4v) is 1.22. The fourth-order valence-electron chi connectivity index (χ4n) is 1.22. The van der Waals surface area contributed by atoms with Gasteiger partial charge in [0, 0.05) is 12.7 Å². The van der Waals surface area contributed by atoms with Crippen molar-refractivity contribution in [2.24, 2.45) is 0 Å². The zero-order valence-corrected chi connectivity index (χ0v) is 10.9. The molecule has 0 spiro atoms. The van der Waals surface area contributed by atoms with E-state index in [0.717, 1.165) is 6.42 Å². The number of nitrogens with one attached hydrogen (secondary N) is 1. The van der Waals surface area contributed by atoms with Gasteiger partial charge in [0.25, 0.3) is 0 Å². The van der Waals surface area contributed by atoms with Gasteiger partial charge in [0.1, 0.15) is 0 Å². The maximum absolute atomic E-state index is 3.48. The van der Waals surface area contributed by atoms with Crippen LogP contribution in [0.3, 0.4) is 0 Å². The van der Waals surface area contributed by atoms with Crippen LogP contribution in [0.1, 0.15) is 38.7 Å². The first-order valence-electron chi connectivity index (χ1n) is 6.16. The van der Waals surface area contributed by atoms with Gasteiger partial charge in [-0.25, -0.2) is 0 Å². The van der Waals surface area contributed by atoms with E-state index in [1.807, 2.05) is 13.1 Å². The standard InChI is InChI=1S/C11H17N.C4H8/c1-3-4-5-10-6-8-11(12-2)9-7-10;1-3-4-2/h6-9,12H,3-5H2,1-2H3;3H,1,4H2,2H3. The monoisotopic (exact) mass is 219 g/mol. The molecule has 0 fully saturated rings. The smallest absolute Gasteiger partial charge is 0.0337 e. The molecule has 1 rings (SSSR count). The number of aryl methyl sites for hydroxylation is 1. The van der Waals surface area contributed by atoms with Gasteiger partial charge in [-0.15, -0.1) is 6.58 Å². The van der Waals surface area contributed by atoms with Gasteiger partial charge in [-0.2, -0.15) is 0 Å². The molecule has 0 aromatic heterocycles. The van der Waals surface area contributed by atoms with Crippen LogP contribution in [-0.2, 0) is 6.42 Å². The molecule has 16 heavy (non-hydrogen) atoms. The van der Waals surface area contributed by atoms with Crippen molar-refractivity contribution in [2.45, 2.75) is 39.5 Å². The van der Waals surface area contributed by atoms with Crippen LogP contribution in [0.2, 0.25) is 0 Å². The predicted molar refractivity (Wildman–Crippen MR) is 75.1 cm³/mol. The number of benzene rings is 1. The lowest BCUT2D eigenvalue weighted by Crippen LogP contribution is -1.89. The predicted octanol–water partition coefficient (Wildman–Crippen LogP) is 4.65. The lowest BCUT2D eigenvalue weighted by Gasteiger charge is -2.02. The minimum Gasteiger partial charge on any atom is -0.388 e. The van der Waals surface area contributed by atoms with E-state index in [1.165, 1.54) is 30.5 Å². The van der Waals surface area contributed by atoms with Crippen LogP contribution >= 0.6 is 0 Å². The van der Waals surface area contributed by atoms with E-state index in [9.17, 15) is 0 Å². The van der Waals surface area contributed by atoms with E-state index in [2.05, 4.69) is 50.0 Å². The molecule has 0 heterocycles. The Kier molecular flexibility index (Phi) is 9.49. The minimum absolute atomic E-state index is 1.08. The van der Waals surface area contributed by atoms with Crippen molar-refractivity contribution >= 4 is 5.69 Å².